The Hall–Kier alpha value is -1.10. The van der Waals surface area contributed by atoms with Crippen LogP contribution >= 0.6 is 23.2 Å². The van der Waals surface area contributed by atoms with Crippen LogP contribution in [0.3, 0.4) is 0 Å². The summed E-state index contributed by atoms with van der Waals surface area (Å²) < 4.78 is 0. The van der Waals surface area contributed by atoms with Crippen LogP contribution in [0.15, 0.2) is 12.1 Å². The van der Waals surface area contributed by atoms with Gasteiger partial charge in [-0.25, -0.2) is 0 Å². The highest BCUT2D eigenvalue weighted by Gasteiger charge is 2.35. The number of hydrogen-bond donors (Lipinski definition) is 1. The summed E-state index contributed by atoms with van der Waals surface area (Å²) in [7, 11) is 0. The molecule has 0 unspecified atom stereocenters. The van der Waals surface area contributed by atoms with Crippen molar-refractivity contribution in [1.82, 2.24) is 4.90 Å². The first kappa shape index (κ1) is 11.4. The molecule has 0 radical (unpaired) electrons. The third-order valence-electron chi connectivity index (χ3n) is 2.34. The summed E-state index contributed by atoms with van der Waals surface area (Å²) >= 11 is 11.5. The fraction of sp³-hybridized carbons (Fsp3) is 0.200. The SMILES string of the molecule is O=C1c2cc(Cl)c(Cl)cc2C(=O)N1CCO. The second-order valence-corrected chi connectivity index (χ2v) is 4.11. The number of nitrogens with zero attached hydrogens (tertiary/aromatic N) is 1. The number of halogens is 2. The van der Waals surface area contributed by atoms with Crippen molar-refractivity contribution in [1.29, 1.82) is 0 Å². The summed E-state index contributed by atoms with van der Waals surface area (Å²) in [6.07, 6.45) is 0. The molecule has 1 N–H and O–H groups in total. The number of carbonyl (C=O) groups excluding carboxylic acids is 2. The van der Waals surface area contributed by atoms with Gasteiger partial charge in [0.2, 0.25) is 0 Å². The molecular formula is C10H7Cl2NO3. The maximum Gasteiger partial charge on any atom is 0.261 e. The zero-order valence-electron chi connectivity index (χ0n) is 8.04. The fourth-order valence-corrected chi connectivity index (χ4v) is 1.91. The van der Waals surface area contributed by atoms with E-state index in [4.69, 9.17) is 28.3 Å². The van der Waals surface area contributed by atoms with E-state index in [2.05, 4.69) is 0 Å². The van der Waals surface area contributed by atoms with Crippen molar-refractivity contribution in [2.45, 2.75) is 0 Å². The second kappa shape index (κ2) is 4.05. The van der Waals surface area contributed by atoms with E-state index < -0.39 is 11.8 Å². The topological polar surface area (TPSA) is 57.6 Å². The monoisotopic (exact) mass is 259 g/mol. The lowest BCUT2D eigenvalue weighted by molar-refractivity contribution is 0.0624. The molecule has 1 aromatic rings. The molecule has 6 heteroatoms. The third kappa shape index (κ3) is 1.59. The average molecular weight is 260 g/mol. The number of aliphatic hydroxyl groups is 1. The molecular weight excluding hydrogens is 253 g/mol. The van der Waals surface area contributed by atoms with Gasteiger partial charge in [0, 0.05) is 0 Å². The second-order valence-electron chi connectivity index (χ2n) is 3.30. The Labute approximate surface area is 101 Å². The first-order chi connectivity index (χ1) is 7.56. The molecule has 16 heavy (non-hydrogen) atoms. The number of hydrogen-bond acceptors (Lipinski definition) is 3. The van der Waals surface area contributed by atoms with Crippen molar-refractivity contribution in [3.8, 4) is 0 Å². The average Bonchev–Trinajstić information content (AvgIpc) is 2.46. The van der Waals surface area contributed by atoms with Crippen molar-refractivity contribution in [2.24, 2.45) is 0 Å². The van der Waals surface area contributed by atoms with Gasteiger partial charge in [-0.15, -0.1) is 0 Å². The number of aliphatic hydroxyl groups excluding tert-OH is 1. The fourth-order valence-electron chi connectivity index (χ4n) is 1.59. The predicted molar refractivity (Wildman–Crippen MR) is 58.9 cm³/mol. The van der Waals surface area contributed by atoms with Gasteiger partial charge in [-0.05, 0) is 12.1 Å². The molecule has 0 saturated carbocycles. The first-order valence-corrected chi connectivity index (χ1v) is 5.28. The van der Waals surface area contributed by atoms with Gasteiger partial charge in [-0.3, -0.25) is 14.5 Å². The van der Waals surface area contributed by atoms with Crippen LogP contribution in [0.25, 0.3) is 0 Å². The van der Waals surface area contributed by atoms with E-state index in [0.717, 1.165) is 4.90 Å². The minimum Gasteiger partial charge on any atom is -0.395 e. The quantitative estimate of drug-likeness (QED) is 0.821. The summed E-state index contributed by atoms with van der Waals surface area (Å²) in [4.78, 5) is 24.5. The van der Waals surface area contributed by atoms with E-state index in [1.165, 1.54) is 12.1 Å². The molecule has 0 fully saturated rings. The van der Waals surface area contributed by atoms with Gasteiger partial charge >= 0.3 is 0 Å². The van der Waals surface area contributed by atoms with Gasteiger partial charge in [0.25, 0.3) is 11.8 Å². The zero-order valence-corrected chi connectivity index (χ0v) is 9.55. The Balaban J connectivity index is 2.51. The first-order valence-electron chi connectivity index (χ1n) is 4.52. The molecule has 0 aromatic heterocycles. The Bertz CT molecular complexity index is 446. The van der Waals surface area contributed by atoms with E-state index in [1.807, 2.05) is 0 Å². The number of β-amino-alcohol motifs (C(OH)–C–C–N with tert-alkyl or cyclic N) is 1. The molecule has 84 valence electrons. The number of amides is 2. The number of imide groups is 1. The van der Waals surface area contributed by atoms with Crippen LogP contribution in [0.4, 0.5) is 0 Å². The summed E-state index contributed by atoms with van der Waals surface area (Å²) in [6, 6.07) is 2.74. The predicted octanol–water partition coefficient (Wildman–Crippen LogP) is 1.58. The number of benzene rings is 1. The molecule has 2 rings (SSSR count). The van der Waals surface area contributed by atoms with Gasteiger partial charge < -0.3 is 5.11 Å². The molecule has 1 aliphatic rings. The van der Waals surface area contributed by atoms with Crippen molar-refractivity contribution < 1.29 is 14.7 Å². The van der Waals surface area contributed by atoms with Gasteiger partial charge in [0.1, 0.15) is 0 Å². The summed E-state index contributed by atoms with van der Waals surface area (Å²) in [5, 5.41) is 9.21. The molecule has 4 nitrogen and oxygen atoms in total. The van der Waals surface area contributed by atoms with Crippen molar-refractivity contribution in [2.75, 3.05) is 13.2 Å². The van der Waals surface area contributed by atoms with Crippen molar-refractivity contribution in [3.05, 3.63) is 33.3 Å². The summed E-state index contributed by atoms with van der Waals surface area (Å²) in [5.41, 5.74) is 0.459. The number of fused-ring (bicyclic) bond motifs is 1. The van der Waals surface area contributed by atoms with E-state index in [-0.39, 0.29) is 34.3 Å². The molecule has 1 aliphatic heterocycles. The Morgan fingerprint density at radius 3 is 1.88 bits per heavy atom. The van der Waals surface area contributed by atoms with Gasteiger partial charge in [-0.2, -0.15) is 0 Å². The molecule has 2 amide bonds. The minimum atomic E-state index is -0.451. The van der Waals surface area contributed by atoms with Crippen LogP contribution in [0.1, 0.15) is 20.7 Å². The molecule has 1 aromatic carbocycles. The highest BCUT2D eigenvalue weighted by Crippen LogP contribution is 2.31. The molecule has 0 bridgehead atoms. The largest absolute Gasteiger partial charge is 0.395 e. The molecule has 0 atom stereocenters. The lowest BCUT2D eigenvalue weighted by Gasteiger charge is -2.10. The Kier molecular flexibility index (Phi) is 2.88. The van der Waals surface area contributed by atoms with Crippen LogP contribution in [0.5, 0.6) is 0 Å². The highest BCUT2D eigenvalue weighted by atomic mass is 35.5. The zero-order chi connectivity index (χ0) is 11.9. The van der Waals surface area contributed by atoms with Crippen LogP contribution in [0, 0.1) is 0 Å². The van der Waals surface area contributed by atoms with E-state index in [9.17, 15) is 9.59 Å². The maximum atomic E-state index is 11.8. The number of rotatable bonds is 2. The lowest BCUT2D eigenvalue weighted by atomic mass is 10.1. The highest BCUT2D eigenvalue weighted by molar-refractivity contribution is 6.43. The number of carbonyl (C=O) groups is 2. The van der Waals surface area contributed by atoms with Crippen LogP contribution < -0.4 is 0 Å². The van der Waals surface area contributed by atoms with Crippen LogP contribution in [0.2, 0.25) is 10.0 Å². The summed E-state index contributed by atoms with van der Waals surface area (Å²) in [5.74, 6) is -0.903. The van der Waals surface area contributed by atoms with Gasteiger partial charge in [-0.1, -0.05) is 23.2 Å². The third-order valence-corrected chi connectivity index (χ3v) is 3.06. The lowest BCUT2D eigenvalue weighted by Crippen LogP contribution is -2.32. The molecule has 0 aliphatic carbocycles. The van der Waals surface area contributed by atoms with Crippen LogP contribution in [-0.2, 0) is 0 Å². The molecule has 0 spiro atoms. The van der Waals surface area contributed by atoms with E-state index in [0.29, 0.717) is 0 Å². The van der Waals surface area contributed by atoms with Gasteiger partial charge in [0.15, 0.2) is 0 Å². The molecule has 1 heterocycles. The Morgan fingerprint density at radius 2 is 1.50 bits per heavy atom. The Morgan fingerprint density at radius 1 is 1.06 bits per heavy atom. The van der Waals surface area contributed by atoms with Gasteiger partial charge in [0.05, 0.1) is 34.3 Å². The van der Waals surface area contributed by atoms with Crippen molar-refractivity contribution >= 4 is 35.0 Å². The normalized spacial score (nSPS) is 14.6. The van der Waals surface area contributed by atoms with E-state index in [1.54, 1.807) is 0 Å². The summed E-state index contributed by atoms with van der Waals surface area (Å²) in [6.45, 7) is -0.297. The maximum absolute atomic E-state index is 11.8. The van der Waals surface area contributed by atoms with Crippen LogP contribution in [-0.4, -0.2) is 35.0 Å². The minimum absolute atomic E-state index is 0.0262. The molecule has 0 saturated heterocycles. The smallest absolute Gasteiger partial charge is 0.261 e. The van der Waals surface area contributed by atoms with E-state index >= 15 is 0 Å². The standard InChI is InChI=1S/C10H7Cl2NO3/c11-7-3-5-6(4-8(7)12)10(16)13(1-2-14)9(5)15/h3-4,14H,1-2H2. The van der Waals surface area contributed by atoms with Crippen molar-refractivity contribution in [3.63, 3.8) is 0 Å².